The Morgan fingerprint density at radius 1 is 1.47 bits per heavy atom. The number of aliphatic carboxylic acids is 1. The lowest BCUT2D eigenvalue weighted by atomic mass is 10.1. The molecule has 4 nitrogen and oxygen atoms in total. The predicted molar refractivity (Wildman–Crippen MR) is 68.9 cm³/mol. The Balaban J connectivity index is 2.68. The van der Waals surface area contributed by atoms with E-state index >= 15 is 0 Å². The van der Waals surface area contributed by atoms with Gasteiger partial charge in [-0.1, -0.05) is 28.9 Å². The van der Waals surface area contributed by atoms with E-state index < -0.39 is 11.9 Å². The molecular formula is C12H14BrNO3. The Bertz CT molecular complexity index is 445. The van der Waals surface area contributed by atoms with E-state index in [0.29, 0.717) is 5.69 Å². The van der Waals surface area contributed by atoms with Crippen LogP contribution in [0.4, 0.5) is 5.69 Å². The maximum absolute atomic E-state index is 11.6. The third-order valence-corrected chi connectivity index (χ3v) is 2.88. The molecule has 0 radical (unpaired) electrons. The Hall–Kier alpha value is -1.36. The van der Waals surface area contributed by atoms with Crippen molar-refractivity contribution in [2.75, 3.05) is 5.32 Å². The molecule has 5 heteroatoms. The molecule has 0 fully saturated rings. The second kappa shape index (κ2) is 5.82. The third kappa shape index (κ3) is 4.19. The van der Waals surface area contributed by atoms with Gasteiger partial charge in [0.15, 0.2) is 0 Å². The van der Waals surface area contributed by atoms with Crippen LogP contribution in [-0.4, -0.2) is 17.0 Å². The summed E-state index contributed by atoms with van der Waals surface area (Å²) in [5.41, 5.74) is 1.63. The molecule has 1 unspecified atom stereocenters. The van der Waals surface area contributed by atoms with Crippen molar-refractivity contribution in [1.29, 1.82) is 0 Å². The number of carboxylic acid groups (broad SMARTS) is 1. The number of benzene rings is 1. The molecule has 0 saturated heterocycles. The molecule has 1 rings (SSSR count). The lowest BCUT2D eigenvalue weighted by Gasteiger charge is -2.10. The zero-order chi connectivity index (χ0) is 13.0. The fourth-order valence-corrected chi connectivity index (χ4v) is 1.66. The molecule has 17 heavy (non-hydrogen) atoms. The third-order valence-electron chi connectivity index (χ3n) is 2.39. The highest BCUT2D eigenvalue weighted by molar-refractivity contribution is 9.10. The van der Waals surface area contributed by atoms with Gasteiger partial charge in [-0.2, -0.15) is 0 Å². The molecule has 0 bridgehead atoms. The number of aryl methyl sites for hydroxylation is 1. The summed E-state index contributed by atoms with van der Waals surface area (Å²) >= 11 is 3.31. The van der Waals surface area contributed by atoms with Crippen molar-refractivity contribution < 1.29 is 14.7 Å². The van der Waals surface area contributed by atoms with E-state index in [1.807, 2.05) is 19.1 Å². The summed E-state index contributed by atoms with van der Waals surface area (Å²) in [7, 11) is 0. The fraction of sp³-hybridized carbons (Fsp3) is 0.333. The standard InChI is InChI=1S/C12H14BrNO3/c1-7-3-4-9(13)6-10(7)14-11(15)5-8(2)12(16)17/h3-4,6,8H,5H2,1-2H3,(H,14,15)(H,16,17). The van der Waals surface area contributed by atoms with Gasteiger partial charge in [-0.05, 0) is 24.6 Å². The Labute approximate surface area is 108 Å². The quantitative estimate of drug-likeness (QED) is 0.898. The Kier molecular flexibility index (Phi) is 4.69. The maximum atomic E-state index is 11.6. The van der Waals surface area contributed by atoms with Gasteiger partial charge in [-0.3, -0.25) is 9.59 Å². The molecule has 0 aliphatic carbocycles. The summed E-state index contributed by atoms with van der Waals surface area (Å²) in [4.78, 5) is 22.2. The first-order chi connectivity index (χ1) is 7.90. The molecule has 0 spiro atoms. The summed E-state index contributed by atoms with van der Waals surface area (Å²) in [6.45, 7) is 3.39. The first-order valence-corrected chi connectivity index (χ1v) is 5.98. The van der Waals surface area contributed by atoms with Crippen LogP contribution in [0.2, 0.25) is 0 Å². The molecule has 1 atom stereocenters. The van der Waals surface area contributed by atoms with E-state index in [-0.39, 0.29) is 12.3 Å². The van der Waals surface area contributed by atoms with Crippen molar-refractivity contribution >= 4 is 33.5 Å². The van der Waals surface area contributed by atoms with Gasteiger partial charge in [0.2, 0.25) is 5.91 Å². The van der Waals surface area contributed by atoms with E-state index in [9.17, 15) is 9.59 Å². The zero-order valence-electron chi connectivity index (χ0n) is 9.66. The van der Waals surface area contributed by atoms with Gasteiger partial charge in [0.25, 0.3) is 0 Å². The number of hydrogen-bond acceptors (Lipinski definition) is 2. The van der Waals surface area contributed by atoms with Crippen LogP contribution in [0.5, 0.6) is 0 Å². The number of carbonyl (C=O) groups is 2. The summed E-state index contributed by atoms with van der Waals surface area (Å²) < 4.78 is 0.865. The van der Waals surface area contributed by atoms with Crippen molar-refractivity contribution in [2.24, 2.45) is 5.92 Å². The van der Waals surface area contributed by atoms with Gasteiger partial charge >= 0.3 is 5.97 Å². The molecule has 92 valence electrons. The van der Waals surface area contributed by atoms with E-state index in [1.54, 1.807) is 6.07 Å². The molecule has 0 aromatic heterocycles. The molecule has 1 amide bonds. The first kappa shape index (κ1) is 13.7. The van der Waals surface area contributed by atoms with E-state index in [4.69, 9.17) is 5.11 Å². The molecule has 1 aromatic rings. The van der Waals surface area contributed by atoms with E-state index in [1.165, 1.54) is 6.92 Å². The minimum Gasteiger partial charge on any atom is -0.481 e. The number of halogens is 1. The van der Waals surface area contributed by atoms with Crippen LogP contribution in [0, 0.1) is 12.8 Å². The van der Waals surface area contributed by atoms with Gasteiger partial charge in [-0.15, -0.1) is 0 Å². The van der Waals surface area contributed by atoms with Crippen LogP contribution in [0.25, 0.3) is 0 Å². The summed E-state index contributed by atoms with van der Waals surface area (Å²) in [6.07, 6.45) is -0.0265. The maximum Gasteiger partial charge on any atom is 0.306 e. The van der Waals surface area contributed by atoms with Crippen molar-refractivity contribution in [3.8, 4) is 0 Å². The van der Waals surface area contributed by atoms with E-state index in [0.717, 1.165) is 10.0 Å². The monoisotopic (exact) mass is 299 g/mol. The minimum absolute atomic E-state index is 0.0265. The highest BCUT2D eigenvalue weighted by Crippen LogP contribution is 2.21. The molecule has 0 aliphatic heterocycles. The lowest BCUT2D eigenvalue weighted by molar-refractivity contribution is -0.142. The van der Waals surface area contributed by atoms with Crippen LogP contribution >= 0.6 is 15.9 Å². The second-order valence-corrected chi connectivity index (χ2v) is 4.87. The van der Waals surface area contributed by atoms with Crippen LogP contribution in [0.15, 0.2) is 22.7 Å². The number of carboxylic acids is 1. The average Bonchev–Trinajstić information content (AvgIpc) is 2.23. The van der Waals surface area contributed by atoms with Crippen LogP contribution in [-0.2, 0) is 9.59 Å². The van der Waals surface area contributed by atoms with Gasteiger partial charge in [-0.25, -0.2) is 0 Å². The molecule has 0 aliphatic rings. The minimum atomic E-state index is -0.967. The molecule has 0 heterocycles. The summed E-state index contributed by atoms with van der Waals surface area (Å²) in [6, 6.07) is 5.55. The lowest BCUT2D eigenvalue weighted by Crippen LogP contribution is -2.20. The Morgan fingerprint density at radius 2 is 2.12 bits per heavy atom. The highest BCUT2D eigenvalue weighted by atomic mass is 79.9. The first-order valence-electron chi connectivity index (χ1n) is 5.19. The Morgan fingerprint density at radius 3 is 2.71 bits per heavy atom. The molecule has 0 saturated carbocycles. The molecular weight excluding hydrogens is 286 g/mol. The van der Waals surface area contributed by atoms with Crippen molar-refractivity contribution in [1.82, 2.24) is 0 Å². The van der Waals surface area contributed by atoms with Crippen molar-refractivity contribution in [3.63, 3.8) is 0 Å². The van der Waals surface area contributed by atoms with Crippen molar-refractivity contribution in [3.05, 3.63) is 28.2 Å². The number of nitrogens with one attached hydrogen (secondary N) is 1. The molecule has 2 N–H and O–H groups in total. The van der Waals surface area contributed by atoms with E-state index in [2.05, 4.69) is 21.2 Å². The summed E-state index contributed by atoms with van der Waals surface area (Å²) in [5, 5.41) is 11.4. The number of amides is 1. The highest BCUT2D eigenvalue weighted by Gasteiger charge is 2.16. The van der Waals surface area contributed by atoms with Crippen LogP contribution in [0.3, 0.4) is 0 Å². The number of hydrogen-bond donors (Lipinski definition) is 2. The number of carbonyl (C=O) groups excluding carboxylic acids is 1. The van der Waals surface area contributed by atoms with Gasteiger partial charge in [0.05, 0.1) is 5.92 Å². The topological polar surface area (TPSA) is 66.4 Å². The predicted octanol–water partition coefficient (Wildman–Crippen LogP) is 2.81. The van der Waals surface area contributed by atoms with Crippen molar-refractivity contribution in [2.45, 2.75) is 20.3 Å². The normalized spacial score (nSPS) is 11.9. The summed E-state index contributed by atoms with van der Waals surface area (Å²) in [5.74, 6) is -1.94. The van der Waals surface area contributed by atoms with Gasteiger partial charge in [0.1, 0.15) is 0 Å². The average molecular weight is 300 g/mol. The largest absolute Gasteiger partial charge is 0.481 e. The van der Waals surface area contributed by atoms with Gasteiger partial charge < -0.3 is 10.4 Å². The number of rotatable bonds is 4. The smallest absolute Gasteiger partial charge is 0.306 e. The molecule has 1 aromatic carbocycles. The number of anilines is 1. The second-order valence-electron chi connectivity index (χ2n) is 3.95. The SMILES string of the molecule is Cc1ccc(Br)cc1NC(=O)CC(C)C(=O)O. The zero-order valence-corrected chi connectivity index (χ0v) is 11.2. The fourth-order valence-electron chi connectivity index (χ4n) is 1.30. The van der Waals surface area contributed by atoms with Gasteiger partial charge in [0, 0.05) is 16.6 Å². The van der Waals surface area contributed by atoms with Crippen LogP contribution in [0.1, 0.15) is 18.9 Å². The van der Waals surface area contributed by atoms with Crippen LogP contribution < -0.4 is 5.32 Å².